The molecule has 4 aromatic rings. The van der Waals surface area contributed by atoms with Crippen LogP contribution in [-0.2, 0) is 6.54 Å². The van der Waals surface area contributed by atoms with E-state index in [1.54, 1.807) is 25.4 Å². The Morgan fingerprint density at radius 1 is 1.07 bits per heavy atom. The minimum atomic E-state index is -0.530. The minimum absolute atomic E-state index is 0.311. The summed E-state index contributed by atoms with van der Waals surface area (Å²) >= 11 is 8.12. The SMILES string of the molecule is COc1ccc(CN(Sc2cnc(NC3CCN(C(C)c4ccccc4)CC3)c(Cl)c2)c2cccc(F)n2)cc1. The van der Waals surface area contributed by atoms with Crippen LogP contribution in [0.15, 0.2) is 90.0 Å². The molecule has 2 aromatic heterocycles. The zero-order valence-corrected chi connectivity index (χ0v) is 24.2. The Labute approximate surface area is 244 Å². The lowest BCUT2D eigenvalue weighted by atomic mass is 10.00. The van der Waals surface area contributed by atoms with Gasteiger partial charge in [0.25, 0.3) is 0 Å². The summed E-state index contributed by atoms with van der Waals surface area (Å²) in [5.41, 5.74) is 2.38. The second-order valence-electron chi connectivity index (χ2n) is 9.84. The Balaban J connectivity index is 1.23. The lowest BCUT2D eigenvalue weighted by Gasteiger charge is -2.36. The topological polar surface area (TPSA) is 53.5 Å². The zero-order chi connectivity index (χ0) is 27.9. The maximum atomic E-state index is 14.0. The fourth-order valence-corrected chi connectivity index (χ4v) is 6.08. The van der Waals surface area contributed by atoms with Crippen LogP contribution in [0.25, 0.3) is 0 Å². The van der Waals surface area contributed by atoms with E-state index in [4.69, 9.17) is 16.3 Å². The number of piperidine rings is 1. The van der Waals surface area contributed by atoms with Gasteiger partial charge in [0.2, 0.25) is 5.95 Å². The summed E-state index contributed by atoms with van der Waals surface area (Å²) in [7, 11) is 1.64. The van der Waals surface area contributed by atoms with E-state index in [1.807, 2.05) is 34.6 Å². The molecule has 1 aliphatic rings. The molecule has 0 aliphatic carbocycles. The Morgan fingerprint density at radius 3 is 2.50 bits per heavy atom. The number of aromatic nitrogens is 2. The molecule has 1 saturated heterocycles. The van der Waals surface area contributed by atoms with E-state index >= 15 is 0 Å². The Hall–Kier alpha value is -3.33. The first-order valence-electron chi connectivity index (χ1n) is 13.4. The van der Waals surface area contributed by atoms with Crippen LogP contribution in [0.4, 0.5) is 16.0 Å². The van der Waals surface area contributed by atoms with Gasteiger partial charge in [0, 0.05) is 36.3 Å². The summed E-state index contributed by atoms with van der Waals surface area (Å²) in [5.74, 6) is 1.45. The number of pyridine rings is 2. The summed E-state index contributed by atoms with van der Waals surface area (Å²) < 4.78 is 21.2. The number of rotatable bonds is 10. The van der Waals surface area contributed by atoms with Crippen molar-refractivity contribution in [1.82, 2.24) is 14.9 Å². The van der Waals surface area contributed by atoms with Gasteiger partial charge in [-0.15, -0.1) is 0 Å². The summed E-state index contributed by atoms with van der Waals surface area (Å²) in [4.78, 5) is 12.1. The smallest absolute Gasteiger partial charge is 0.214 e. The van der Waals surface area contributed by atoms with E-state index in [2.05, 4.69) is 57.4 Å². The Morgan fingerprint density at radius 2 is 1.82 bits per heavy atom. The average molecular weight is 578 g/mol. The molecular weight excluding hydrogens is 545 g/mol. The largest absolute Gasteiger partial charge is 0.497 e. The standard InChI is InChI=1S/C31H33ClFN5OS/c1-22(24-7-4-3-5-8-24)37-17-15-25(16-18-37)35-31-28(32)19-27(20-34-31)40-38(30-10-6-9-29(33)36-30)21-23-11-13-26(39-2)14-12-23/h3-14,19-20,22,25H,15-18,21H2,1-2H3,(H,34,35). The second kappa shape index (κ2) is 13.4. The van der Waals surface area contributed by atoms with Gasteiger partial charge in [-0.05, 0) is 73.2 Å². The fraction of sp³-hybridized carbons (Fsp3) is 0.290. The van der Waals surface area contributed by atoms with Crippen LogP contribution in [0.5, 0.6) is 5.75 Å². The molecule has 208 valence electrons. The van der Waals surface area contributed by atoms with Crippen LogP contribution in [0.2, 0.25) is 5.02 Å². The molecule has 0 saturated carbocycles. The van der Waals surface area contributed by atoms with E-state index < -0.39 is 5.95 Å². The lowest BCUT2D eigenvalue weighted by Crippen LogP contribution is -2.40. The molecule has 40 heavy (non-hydrogen) atoms. The van der Waals surface area contributed by atoms with Gasteiger partial charge in [-0.2, -0.15) is 4.39 Å². The molecule has 9 heteroatoms. The van der Waals surface area contributed by atoms with Crippen LogP contribution in [-0.4, -0.2) is 41.1 Å². The third-order valence-corrected chi connectivity index (χ3v) is 8.43. The van der Waals surface area contributed by atoms with Crippen molar-refractivity contribution < 1.29 is 9.13 Å². The highest BCUT2D eigenvalue weighted by atomic mass is 35.5. The van der Waals surface area contributed by atoms with Crippen LogP contribution >= 0.6 is 23.5 Å². The zero-order valence-electron chi connectivity index (χ0n) is 22.6. The lowest BCUT2D eigenvalue weighted by molar-refractivity contribution is 0.167. The van der Waals surface area contributed by atoms with E-state index in [-0.39, 0.29) is 0 Å². The normalized spacial score (nSPS) is 15.0. The highest BCUT2D eigenvalue weighted by molar-refractivity contribution is 8.00. The van der Waals surface area contributed by atoms with Crippen LogP contribution < -0.4 is 14.4 Å². The molecule has 1 unspecified atom stereocenters. The summed E-state index contributed by atoms with van der Waals surface area (Å²) in [6, 6.07) is 25.8. The van der Waals surface area contributed by atoms with Gasteiger partial charge in [0.1, 0.15) is 17.4 Å². The first-order chi connectivity index (χ1) is 19.5. The van der Waals surface area contributed by atoms with Crippen molar-refractivity contribution in [1.29, 1.82) is 0 Å². The number of nitrogens with one attached hydrogen (secondary N) is 1. The molecule has 1 N–H and O–H groups in total. The van der Waals surface area contributed by atoms with Gasteiger partial charge in [0.05, 0.1) is 18.7 Å². The number of benzene rings is 2. The average Bonchev–Trinajstić information content (AvgIpc) is 2.99. The van der Waals surface area contributed by atoms with Crippen molar-refractivity contribution in [3.05, 3.63) is 107 Å². The van der Waals surface area contributed by atoms with Gasteiger partial charge in [-0.1, -0.05) is 60.1 Å². The number of nitrogens with zero attached hydrogens (tertiary/aromatic N) is 4. The van der Waals surface area contributed by atoms with Crippen molar-refractivity contribution in [2.24, 2.45) is 0 Å². The first kappa shape index (κ1) is 28.2. The Kier molecular flexibility index (Phi) is 9.41. The number of hydrogen-bond acceptors (Lipinski definition) is 7. The van der Waals surface area contributed by atoms with Gasteiger partial charge < -0.3 is 10.1 Å². The molecule has 1 atom stereocenters. The maximum Gasteiger partial charge on any atom is 0.214 e. The number of ether oxygens (including phenoxy) is 1. The van der Waals surface area contributed by atoms with Crippen molar-refractivity contribution in [3.8, 4) is 5.75 Å². The van der Waals surface area contributed by atoms with Crippen LogP contribution in [0, 0.1) is 5.95 Å². The predicted octanol–water partition coefficient (Wildman–Crippen LogP) is 7.63. The van der Waals surface area contributed by atoms with Gasteiger partial charge >= 0.3 is 0 Å². The fourth-order valence-electron chi connectivity index (χ4n) is 4.86. The van der Waals surface area contributed by atoms with Crippen molar-refractivity contribution in [3.63, 3.8) is 0 Å². The third-order valence-electron chi connectivity index (χ3n) is 7.17. The van der Waals surface area contributed by atoms with Gasteiger partial charge in [-0.3, -0.25) is 9.21 Å². The molecule has 5 rings (SSSR count). The quantitative estimate of drug-likeness (QED) is 0.154. The van der Waals surface area contributed by atoms with Crippen molar-refractivity contribution in [2.75, 3.05) is 29.8 Å². The molecule has 0 spiro atoms. The van der Waals surface area contributed by atoms with Crippen LogP contribution in [0.1, 0.15) is 36.9 Å². The molecule has 0 radical (unpaired) electrons. The molecule has 2 aromatic carbocycles. The number of hydrogen-bond donors (Lipinski definition) is 1. The molecule has 6 nitrogen and oxygen atoms in total. The maximum absolute atomic E-state index is 14.0. The van der Waals surface area contributed by atoms with E-state index in [0.29, 0.717) is 35.3 Å². The molecule has 0 bridgehead atoms. The number of anilines is 2. The van der Waals surface area contributed by atoms with Gasteiger partial charge in [0.15, 0.2) is 0 Å². The Bertz CT molecular complexity index is 1390. The molecule has 0 amide bonds. The first-order valence-corrected chi connectivity index (χ1v) is 14.6. The molecule has 1 fully saturated rings. The molecule has 3 heterocycles. The number of halogens is 2. The molecular formula is C31H33ClFN5OS. The highest BCUT2D eigenvalue weighted by Gasteiger charge is 2.24. The monoisotopic (exact) mass is 577 g/mol. The highest BCUT2D eigenvalue weighted by Crippen LogP contribution is 2.34. The summed E-state index contributed by atoms with van der Waals surface area (Å²) in [6.07, 6.45) is 3.84. The summed E-state index contributed by atoms with van der Waals surface area (Å²) in [5, 5.41) is 4.11. The number of methoxy groups -OCH3 is 1. The predicted molar refractivity (Wildman–Crippen MR) is 162 cm³/mol. The van der Waals surface area contributed by atoms with Gasteiger partial charge in [-0.25, -0.2) is 9.97 Å². The summed E-state index contributed by atoms with van der Waals surface area (Å²) in [6.45, 7) is 4.80. The minimum Gasteiger partial charge on any atom is -0.497 e. The van der Waals surface area contributed by atoms with Crippen molar-refractivity contribution >= 4 is 35.2 Å². The van der Waals surface area contributed by atoms with E-state index in [0.717, 1.165) is 42.1 Å². The second-order valence-corrected chi connectivity index (χ2v) is 11.3. The molecule has 1 aliphatic heterocycles. The number of likely N-dealkylation sites (tertiary alicyclic amines) is 1. The third kappa shape index (κ3) is 7.24. The van der Waals surface area contributed by atoms with E-state index in [1.165, 1.54) is 23.6 Å². The van der Waals surface area contributed by atoms with Crippen LogP contribution in [0.3, 0.4) is 0 Å². The van der Waals surface area contributed by atoms with Crippen molar-refractivity contribution in [2.45, 2.75) is 43.3 Å². The van der Waals surface area contributed by atoms with E-state index in [9.17, 15) is 4.39 Å².